The minimum Gasteiger partial charge on any atom is -0.496 e. The zero-order chi connectivity index (χ0) is 15.3. The van der Waals surface area contributed by atoms with E-state index in [1.807, 2.05) is 0 Å². The molecule has 3 nitrogen and oxygen atoms in total. The van der Waals surface area contributed by atoms with E-state index >= 15 is 0 Å². The van der Waals surface area contributed by atoms with Gasteiger partial charge >= 0.3 is 0 Å². The molecule has 1 N–H and O–H groups in total. The molecule has 0 spiro atoms. The molecule has 5 heteroatoms. The third-order valence-corrected chi connectivity index (χ3v) is 5.65. The van der Waals surface area contributed by atoms with Gasteiger partial charge in [0, 0.05) is 16.9 Å². The van der Waals surface area contributed by atoms with Crippen LogP contribution < -0.4 is 10.1 Å². The molecular formula is C16H21BrClNO2. The van der Waals surface area contributed by atoms with E-state index < -0.39 is 0 Å². The molecule has 116 valence electrons. The van der Waals surface area contributed by atoms with Crippen molar-refractivity contribution in [3.63, 3.8) is 0 Å². The van der Waals surface area contributed by atoms with Gasteiger partial charge in [0.1, 0.15) is 5.75 Å². The minimum atomic E-state index is -0.102. The van der Waals surface area contributed by atoms with Gasteiger partial charge in [0.05, 0.1) is 12.7 Å². The number of hydrogen-bond acceptors (Lipinski definition) is 2. The summed E-state index contributed by atoms with van der Waals surface area (Å²) >= 11 is 9.54. The highest BCUT2D eigenvalue weighted by Crippen LogP contribution is 2.37. The number of carbonyl (C=O) groups excluding carboxylic acids is 1. The molecular weight excluding hydrogens is 354 g/mol. The van der Waals surface area contributed by atoms with Crippen LogP contribution in [0.3, 0.4) is 0 Å². The molecule has 0 unspecified atom stereocenters. The Balaban J connectivity index is 2.04. The second-order valence-corrected chi connectivity index (χ2v) is 6.72. The number of methoxy groups -OCH3 is 1. The van der Waals surface area contributed by atoms with Gasteiger partial charge in [-0.1, -0.05) is 46.8 Å². The van der Waals surface area contributed by atoms with Crippen LogP contribution in [-0.2, 0) is 0 Å². The van der Waals surface area contributed by atoms with Crippen molar-refractivity contribution in [2.75, 3.05) is 19.0 Å². The second-order valence-electron chi connectivity index (χ2n) is 5.72. The van der Waals surface area contributed by atoms with Crippen LogP contribution in [0.5, 0.6) is 5.75 Å². The summed E-state index contributed by atoms with van der Waals surface area (Å²) in [5, 5.41) is 4.55. The first-order chi connectivity index (χ1) is 10.1. The van der Waals surface area contributed by atoms with E-state index in [-0.39, 0.29) is 11.3 Å². The summed E-state index contributed by atoms with van der Waals surface area (Å²) in [6, 6.07) is 5.08. The molecule has 0 aliphatic heterocycles. The van der Waals surface area contributed by atoms with Gasteiger partial charge in [-0.05, 0) is 36.5 Å². The average molecular weight is 375 g/mol. The van der Waals surface area contributed by atoms with Crippen LogP contribution in [0.2, 0.25) is 5.02 Å². The number of halogens is 2. The van der Waals surface area contributed by atoms with Crippen molar-refractivity contribution >= 4 is 33.4 Å². The van der Waals surface area contributed by atoms with Crippen LogP contribution in [0.15, 0.2) is 18.2 Å². The molecule has 1 aromatic rings. The molecule has 0 aromatic heterocycles. The van der Waals surface area contributed by atoms with Crippen LogP contribution in [-0.4, -0.2) is 24.9 Å². The maximum absolute atomic E-state index is 12.4. The molecule has 0 atom stereocenters. The molecule has 1 amide bonds. The van der Waals surface area contributed by atoms with Crippen molar-refractivity contribution in [2.24, 2.45) is 5.41 Å². The summed E-state index contributed by atoms with van der Waals surface area (Å²) in [5.41, 5.74) is 0.718. The van der Waals surface area contributed by atoms with E-state index in [0.29, 0.717) is 22.9 Å². The third kappa shape index (κ3) is 4.13. The average Bonchev–Trinajstić information content (AvgIpc) is 2.53. The lowest BCUT2D eigenvalue weighted by molar-refractivity contribution is 0.0919. The van der Waals surface area contributed by atoms with Crippen molar-refractivity contribution in [1.82, 2.24) is 5.32 Å². The van der Waals surface area contributed by atoms with Crippen LogP contribution in [0, 0.1) is 5.41 Å². The van der Waals surface area contributed by atoms with Crippen molar-refractivity contribution < 1.29 is 9.53 Å². The molecule has 1 aliphatic rings. The van der Waals surface area contributed by atoms with Gasteiger partial charge in [0.25, 0.3) is 5.91 Å². The van der Waals surface area contributed by atoms with E-state index in [9.17, 15) is 4.79 Å². The van der Waals surface area contributed by atoms with E-state index in [1.54, 1.807) is 25.3 Å². The number of rotatable bonds is 5. The first-order valence-electron chi connectivity index (χ1n) is 7.28. The van der Waals surface area contributed by atoms with Crippen LogP contribution in [0.1, 0.15) is 42.5 Å². The first kappa shape index (κ1) is 16.6. The van der Waals surface area contributed by atoms with Crippen molar-refractivity contribution in [1.29, 1.82) is 0 Å². The maximum Gasteiger partial charge on any atom is 0.255 e. The molecule has 1 saturated carbocycles. The SMILES string of the molecule is COc1cc(Cl)ccc1C(=O)NCC1(CBr)CCCCC1. The van der Waals surface area contributed by atoms with E-state index in [1.165, 1.54) is 19.3 Å². The highest BCUT2D eigenvalue weighted by atomic mass is 79.9. The molecule has 0 bridgehead atoms. The predicted octanol–water partition coefficient (Wildman–Crippen LogP) is 4.42. The molecule has 2 rings (SSSR count). The molecule has 0 radical (unpaired) electrons. The number of amides is 1. The summed E-state index contributed by atoms with van der Waals surface area (Å²) in [4.78, 5) is 12.4. The lowest BCUT2D eigenvalue weighted by Gasteiger charge is -2.35. The zero-order valence-corrected chi connectivity index (χ0v) is 14.6. The number of benzene rings is 1. The Bertz CT molecular complexity index is 501. The standard InChI is InChI=1S/C16H21BrClNO2/c1-21-14-9-12(18)5-6-13(14)15(20)19-11-16(10-17)7-3-2-4-8-16/h5-6,9H,2-4,7-8,10-11H2,1H3,(H,19,20). The predicted molar refractivity (Wildman–Crippen MR) is 89.6 cm³/mol. The molecule has 1 fully saturated rings. The van der Waals surface area contributed by atoms with Gasteiger partial charge in [0.2, 0.25) is 0 Å². The van der Waals surface area contributed by atoms with Gasteiger partial charge in [-0.2, -0.15) is 0 Å². The quantitative estimate of drug-likeness (QED) is 0.775. The van der Waals surface area contributed by atoms with Gasteiger partial charge in [-0.25, -0.2) is 0 Å². The maximum atomic E-state index is 12.4. The van der Waals surface area contributed by atoms with E-state index in [4.69, 9.17) is 16.3 Å². The number of nitrogens with one attached hydrogen (secondary N) is 1. The summed E-state index contributed by atoms with van der Waals surface area (Å²) in [6.07, 6.45) is 6.11. The van der Waals surface area contributed by atoms with Crippen LogP contribution >= 0.6 is 27.5 Å². The summed E-state index contributed by atoms with van der Waals surface area (Å²) in [6.45, 7) is 0.697. The number of carbonyl (C=O) groups is 1. The Morgan fingerprint density at radius 2 is 2.10 bits per heavy atom. The second kappa shape index (κ2) is 7.50. The lowest BCUT2D eigenvalue weighted by Crippen LogP contribution is -2.40. The highest BCUT2D eigenvalue weighted by Gasteiger charge is 2.31. The largest absolute Gasteiger partial charge is 0.496 e. The topological polar surface area (TPSA) is 38.3 Å². The lowest BCUT2D eigenvalue weighted by atomic mass is 9.75. The molecule has 1 aromatic carbocycles. The smallest absolute Gasteiger partial charge is 0.255 e. The third-order valence-electron chi connectivity index (χ3n) is 4.23. The van der Waals surface area contributed by atoms with Crippen molar-refractivity contribution in [3.05, 3.63) is 28.8 Å². The Morgan fingerprint density at radius 3 is 2.71 bits per heavy atom. The van der Waals surface area contributed by atoms with Crippen molar-refractivity contribution in [2.45, 2.75) is 32.1 Å². The monoisotopic (exact) mass is 373 g/mol. The molecule has 0 saturated heterocycles. The van der Waals surface area contributed by atoms with Crippen molar-refractivity contribution in [3.8, 4) is 5.75 Å². The van der Waals surface area contributed by atoms with Gasteiger partial charge in [-0.15, -0.1) is 0 Å². The number of ether oxygens (including phenoxy) is 1. The normalized spacial score (nSPS) is 17.3. The Hall–Kier alpha value is -0.740. The molecule has 0 heterocycles. The zero-order valence-electron chi connectivity index (χ0n) is 12.3. The first-order valence-corrected chi connectivity index (χ1v) is 8.78. The number of hydrogen-bond donors (Lipinski definition) is 1. The Morgan fingerprint density at radius 1 is 1.38 bits per heavy atom. The fourth-order valence-electron chi connectivity index (χ4n) is 2.88. The molecule has 1 aliphatic carbocycles. The highest BCUT2D eigenvalue weighted by molar-refractivity contribution is 9.09. The summed E-state index contributed by atoms with van der Waals surface area (Å²) in [7, 11) is 1.55. The fourth-order valence-corrected chi connectivity index (χ4v) is 3.80. The number of alkyl halides is 1. The summed E-state index contributed by atoms with van der Waals surface area (Å²) in [5.74, 6) is 0.408. The van der Waals surface area contributed by atoms with Gasteiger partial charge < -0.3 is 10.1 Å². The fraction of sp³-hybridized carbons (Fsp3) is 0.562. The van der Waals surface area contributed by atoms with Gasteiger partial charge in [0.15, 0.2) is 0 Å². The van der Waals surface area contributed by atoms with Gasteiger partial charge in [-0.3, -0.25) is 4.79 Å². The van der Waals surface area contributed by atoms with E-state index in [2.05, 4.69) is 21.2 Å². The van der Waals surface area contributed by atoms with E-state index in [0.717, 1.165) is 18.2 Å². The van der Waals surface area contributed by atoms with Crippen LogP contribution in [0.4, 0.5) is 0 Å². The Kier molecular flexibility index (Phi) is 5.94. The summed E-state index contributed by atoms with van der Waals surface area (Å²) < 4.78 is 5.24. The van der Waals surface area contributed by atoms with Crippen LogP contribution in [0.25, 0.3) is 0 Å². The Labute approximate surface area is 139 Å². The minimum absolute atomic E-state index is 0.102. The molecule has 21 heavy (non-hydrogen) atoms.